The third-order valence-electron chi connectivity index (χ3n) is 7.02. The van der Waals surface area contributed by atoms with E-state index in [1.165, 1.54) is 29.3 Å². The van der Waals surface area contributed by atoms with Crippen LogP contribution < -0.4 is 0 Å². The minimum absolute atomic E-state index is 0.199. The van der Waals surface area contributed by atoms with Gasteiger partial charge in [-0.3, -0.25) is 9.69 Å². The fraction of sp³-hybridized carbons (Fsp3) is 0.571. The van der Waals surface area contributed by atoms with Crippen LogP contribution in [0.4, 0.5) is 0 Å². The maximum absolute atomic E-state index is 12.4. The smallest absolute Gasteiger partial charge is 0.311 e. The van der Waals surface area contributed by atoms with E-state index in [1.54, 1.807) is 0 Å². The standard InChI is InChI=1S/C21H26N2O3/c1-26-21(25)19-15-10-17-20-14(13-4-2-3-5-16(13)22-20)8-9-23(17)11-12(15)6-7-18(19)24/h2-5,12,15,17-19,22,24H,6-11H2,1H3/t12-,15+,17+,18-,19-/m0/s1. The van der Waals surface area contributed by atoms with E-state index in [-0.39, 0.29) is 17.8 Å². The second-order valence-electron chi connectivity index (χ2n) is 8.18. The molecule has 1 aromatic heterocycles. The molecule has 2 fully saturated rings. The number of nitrogens with one attached hydrogen (secondary N) is 1. The first-order valence-electron chi connectivity index (χ1n) is 9.76. The number of nitrogens with zero attached hydrogens (tertiary/aromatic N) is 1. The van der Waals surface area contributed by atoms with E-state index in [0.717, 1.165) is 32.4 Å². The Kier molecular flexibility index (Phi) is 3.83. The van der Waals surface area contributed by atoms with Crippen molar-refractivity contribution >= 4 is 16.9 Å². The molecule has 5 heteroatoms. The van der Waals surface area contributed by atoms with Gasteiger partial charge in [-0.05, 0) is 49.1 Å². The number of fused-ring (bicyclic) bond motifs is 6. The molecule has 5 nitrogen and oxygen atoms in total. The largest absolute Gasteiger partial charge is 0.469 e. The predicted molar refractivity (Wildman–Crippen MR) is 98.7 cm³/mol. The summed E-state index contributed by atoms with van der Waals surface area (Å²) >= 11 is 0. The summed E-state index contributed by atoms with van der Waals surface area (Å²) < 4.78 is 5.04. The zero-order valence-electron chi connectivity index (χ0n) is 15.1. The van der Waals surface area contributed by atoms with E-state index in [4.69, 9.17) is 4.74 Å². The van der Waals surface area contributed by atoms with Crippen LogP contribution in [0.3, 0.4) is 0 Å². The van der Waals surface area contributed by atoms with Gasteiger partial charge in [-0.15, -0.1) is 0 Å². The van der Waals surface area contributed by atoms with Crippen LogP contribution in [-0.4, -0.2) is 47.3 Å². The number of benzene rings is 1. The predicted octanol–water partition coefficient (Wildman–Crippen LogP) is 2.65. The van der Waals surface area contributed by atoms with Crippen LogP contribution in [0.2, 0.25) is 0 Å². The topological polar surface area (TPSA) is 65.6 Å². The quantitative estimate of drug-likeness (QED) is 0.773. The number of rotatable bonds is 1. The second kappa shape index (κ2) is 6.10. The molecule has 0 bridgehead atoms. The Labute approximate surface area is 153 Å². The molecular weight excluding hydrogens is 328 g/mol. The van der Waals surface area contributed by atoms with E-state index in [0.29, 0.717) is 18.4 Å². The summed E-state index contributed by atoms with van der Waals surface area (Å²) in [5.41, 5.74) is 3.96. The molecular formula is C21H26N2O3. The summed E-state index contributed by atoms with van der Waals surface area (Å²) in [5, 5.41) is 11.8. The molecule has 2 aromatic rings. The number of carbonyl (C=O) groups is 1. The van der Waals surface area contributed by atoms with Crippen LogP contribution in [0.25, 0.3) is 10.9 Å². The second-order valence-corrected chi connectivity index (χ2v) is 8.18. The number of aromatic nitrogens is 1. The number of carbonyl (C=O) groups excluding carboxylic acids is 1. The molecule has 0 spiro atoms. The van der Waals surface area contributed by atoms with Crippen molar-refractivity contribution < 1.29 is 14.6 Å². The number of aliphatic hydroxyl groups excluding tert-OH is 1. The molecule has 0 amide bonds. The minimum atomic E-state index is -0.568. The highest BCUT2D eigenvalue weighted by atomic mass is 16.5. The van der Waals surface area contributed by atoms with Gasteiger partial charge in [-0.1, -0.05) is 18.2 Å². The van der Waals surface area contributed by atoms with Crippen molar-refractivity contribution in [3.8, 4) is 0 Å². The van der Waals surface area contributed by atoms with Crippen LogP contribution in [0, 0.1) is 17.8 Å². The molecule has 2 N–H and O–H groups in total. The summed E-state index contributed by atoms with van der Waals surface area (Å²) in [6.45, 7) is 2.10. The Balaban J connectivity index is 1.52. The van der Waals surface area contributed by atoms with Gasteiger partial charge in [0.15, 0.2) is 0 Å². The van der Waals surface area contributed by atoms with Gasteiger partial charge >= 0.3 is 5.97 Å². The highest BCUT2D eigenvalue weighted by molar-refractivity contribution is 5.85. The summed E-state index contributed by atoms with van der Waals surface area (Å²) in [5.74, 6) is 0.0541. The van der Waals surface area contributed by atoms with Gasteiger partial charge in [0.2, 0.25) is 0 Å². The van der Waals surface area contributed by atoms with E-state index in [2.05, 4.69) is 34.1 Å². The highest BCUT2D eigenvalue weighted by Gasteiger charge is 2.49. The first kappa shape index (κ1) is 16.3. The van der Waals surface area contributed by atoms with Crippen molar-refractivity contribution in [1.82, 2.24) is 9.88 Å². The van der Waals surface area contributed by atoms with Crippen molar-refractivity contribution in [2.45, 2.75) is 37.8 Å². The average Bonchev–Trinajstić information content (AvgIpc) is 3.05. The van der Waals surface area contributed by atoms with Crippen LogP contribution in [0.15, 0.2) is 24.3 Å². The third-order valence-corrected chi connectivity index (χ3v) is 7.02. The number of para-hydroxylation sites is 1. The van der Waals surface area contributed by atoms with E-state index in [1.807, 2.05) is 0 Å². The van der Waals surface area contributed by atoms with Crippen LogP contribution in [-0.2, 0) is 16.0 Å². The van der Waals surface area contributed by atoms with Gasteiger partial charge in [-0.25, -0.2) is 0 Å². The number of hydrogen-bond donors (Lipinski definition) is 2. The average molecular weight is 354 g/mol. The summed E-state index contributed by atoms with van der Waals surface area (Å²) in [6, 6.07) is 8.83. The minimum Gasteiger partial charge on any atom is -0.469 e. The first-order valence-corrected chi connectivity index (χ1v) is 9.76. The number of piperidine rings is 1. The number of H-pyrrole nitrogens is 1. The van der Waals surface area contributed by atoms with Gasteiger partial charge in [0.05, 0.1) is 25.2 Å². The Morgan fingerprint density at radius 1 is 1.31 bits per heavy atom. The molecule has 1 aromatic carbocycles. The summed E-state index contributed by atoms with van der Waals surface area (Å²) in [4.78, 5) is 18.6. The van der Waals surface area contributed by atoms with Gasteiger partial charge in [0, 0.05) is 29.7 Å². The Bertz CT molecular complexity index is 845. The molecule has 2 aliphatic heterocycles. The summed E-state index contributed by atoms with van der Waals surface area (Å²) in [6.07, 6.45) is 3.14. The molecule has 138 valence electrons. The maximum Gasteiger partial charge on any atom is 0.311 e. The number of esters is 1. The molecule has 1 saturated heterocycles. The molecule has 26 heavy (non-hydrogen) atoms. The summed E-state index contributed by atoms with van der Waals surface area (Å²) in [7, 11) is 1.43. The van der Waals surface area contributed by atoms with E-state index >= 15 is 0 Å². The van der Waals surface area contributed by atoms with Gasteiger partial charge in [-0.2, -0.15) is 0 Å². The normalized spacial score (nSPS) is 34.0. The Hall–Kier alpha value is -1.85. The SMILES string of the molecule is COC(=O)[C@H]1[C@@H]2C[C@@H]3c4[nH]c5ccccc5c4CCN3C[C@@H]2CC[C@@H]1O. The zero-order valence-corrected chi connectivity index (χ0v) is 15.1. The first-order chi connectivity index (χ1) is 12.7. The van der Waals surface area contributed by atoms with Gasteiger partial charge < -0.3 is 14.8 Å². The van der Waals surface area contributed by atoms with Crippen molar-refractivity contribution in [2.24, 2.45) is 17.8 Å². The zero-order chi connectivity index (χ0) is 17.8. The van der Waals surface area contributed by atoms with Crippen molar-refractivity contribution in [2.75, 3.05) is 20.2 Å². The molecule has 0 unspecified atom stereocenters. The molecule has 1 aliphatic carbocycles. The molecule has 1 saturated carbocycles. The Morgan fingerprint density at radius 3 is 3.00 bits per heavy atom. The number of aromatic amines is 1. The fourth-order valence-electron chi connectivity index (χ4n) is 5.80. The molecule has 5 atom stereocenters. The Morgan fingerprint density at radius 2 is 2.15 bits per heavy atom. The monoisotopic (exact) mass is 354 g/mol. The van der Waals surface area contributed by atoms with E-state index in [9.17, 15) is 9.90 Å². The molecule has 5 rings (SSSR count). The van der Waals surface area contributed by atoms with Crippen molar-refractivity contribution in [1.29, 1.82) is 0 Å². The van der Waals surface area contributed by atoms with Crippen LogP contribution in [0.1, 0.15) is 36.6 Å². The maximum atomic E-state index is 12.4. The van der Waals surface area contributed by atoms with Crippen LogP contribution in [0.5, 0.6) is 0 Å². The van der Waals surface area contributed by atoms with Gasteiger partial charge in [0.25, 0.3) is 0 Å². The lowest BCUT2D eigenvalue weighted by atomic mass is 9.65. The molecule has 0 radical (unpaired) electrons. The van der Waals surface area contributed by atoms with Crippen molar-refractivity contribution in [3.63, 3.8) is 0 Å². The lowest BCUT2D eigenvalue weighted by Gasteiger charge is -2.50. The third kappa shape index (κ3) is 2.33. The highest BCUT2D eigenvalue weighted by Crippen LogP contribution is 2.49. The van der Waals surface area contributed by atoms with Crippen molar-refractivity contribution in [3.05, 3.63) is 35.5 Å². The van der Waals surface area contributed by atoms with Crippen LogP contribution >= 0.6 is 0 Å². The fourth-order valence-corrected chi connectivity index (χ4v) is 5.80. The molecule has 3 heterocycles. The molecule has 3 aliphatic rings. The van der Waals surface area contributed by atoms with Gasteiger partial charge in [0.1, 0.15) is 0 Å². The lowest BCUT2D eigenvalue weighted by Crippen LogP contribution is -2.53. The number of hydrogen-bond acceptors (Lipinski definition) is 4. The number of aliphatic hydroxyl groups is 1. The number of ether oxygens (including phenoxy) is 1. The van der Waals surface area contributed by atoms with E-state index < -0.39 is 6.10 Å². The number of methoxy groups -OCH3 is 1. The lowest BCUT2D eigenvalue weighted by molar-refractivity contribution is -0.160.